The van der Waals surface area contributed by atoms with E-state index < -0.39 is 9.84 Å². The van der Waals surface area contributed by atoms with E-state index in [1.807, 2.05) is 36.5 Å². The van der Waals surface area contributed by atoms with Crippen molar-refractivity contribution < 1.29 is 17.9 Å². The van der Waals surface area contributed by atoms with Crippen molar-refractivity contribution in [3.63, 3.8) is 0 Å². The molecule has 4 rings (SSSR count). The number of anilines is 2. The second-order valence-corrected chi connectivity index (χ2v) is 9.24. The van der Waals surface area contributed by atoms with Crippen LogP contribution in [-0.4, -0.2) is 49.1 Å². The highest BCUT2D eigenvalue weighted by Gasteiger charge is 2.13. The number of nitrogens with one attached hydrogen (secondary N) is 2. The van der Waals surface area contributed by atoms with Gasteiger partial charge in [0, 0.05) is 40.5 Å². The predicted octanol–water partition coefficient (Wildman–Crippen LogP) is 3.68. The van der Waals surface area contributed by atoms with E-state index in [9.17, 15) is 8.42 Å². The van der Waals surface area contributed by atoms with E-state index in [0.717, 1.165) is 22.0 Å². The minimum absolute atomic E-state index is 0.0740. The Hall–Kier alpha value is -3.33. The molecule has 0 aliphatic heterocycles. The number of fused-ring (bicyclic) bond motifs is 2. The molecule has 2 aromatic heterocycles. The molecule has 0 aliphatic carbocycles. The fourth-order valence-corrected chi connectivity index (χ4v) is 3.85. The average Bonchev–Trinajstić information content (AvgIpc) is 3.18. The number of ether oxygens (including phenoxy) is 2. The van der Waals surface area contributed by atoms with E-state index in [2.05, 4.69) is 20.3 Å². The molecule has 0 saturated carbocycles. The van der Waals surface area contributed by atoms with Crippen molar-refractivity contribution in [2.24, 2.45) is 0 Å². The van der Waals surface area contributed by atoms with Crippen LogP contribution in [0.25, 0.3) is 21.8 Å². The van der Waals surface area contributed by atoms with Gasteiger partial charge in [0.05, 0.1) is 25.0 Å². The molecule has 0 amide bonds. The van der Waals surface area contributed by atoms with Gasteiger partial charge in [-0.1, -0.05) is 0 Å². The summed E-state index contributed by atoms with van der Waals surface area (Å²) >= 11 is 0. The molecule has 0 radical (unpaired) electrons. The second kappa shape index (κ2) is 8.19. The smallest absolute Gasteiger partial charge is 0.163 e. The average molecular weight is 426 g/mol. The van der Waals surface area contributed by atoms with E-state index in [4.69, 9.17) is 9.47 Å². The fraction of sp³-hybridized carbons (Fsp3) is 0.238. The van der Waals surface area contributed by atoms with E-state index >= 15 is 0 Å². The number of hydrogen-bond donors (Lipinski definition) is 2. The van der Waals surface area contributed by atoms with Crippen molar-refractivity contribution in [2.75, 3.05) is 31.0 Å². The summed E-state index contributed by atoms with van der Waals surface area (Å²) in [7, 11) is -1.46. The number of aromatic nitrogens is 3. The quantitative estimate of drug-likeness (QED) is 0.414. The van der Waals surface area contributed by atoms with Crippen molar-refractivity contribution >= 4 is 43.1 Å². The summed E-state index contributed by atoms with van der Waals surface area (Å²) in [6.07, 6.45) is 5.00. The molecule has 0 atom stereocenters. The lowest BCUT2D eigenvalue weighted by Crippen LogP contribution is -2.08. The summed E-state index contributed by atoms with van der Waals surface area (Å²) in [4.78, 5) is 11.9. The summed E-state index contributed by atoms with van der Waals surface area (Å²) in [5.74, 6) is 1.76. The highest BCUT2D eigenvalue weighted by molar-refractivity contribution is 7.90. The highest BCUT2D eigenvalue weighted by Crippen LogP contribution is 2.35. The Morgan fingerprint density at radius 1 is 1.10 bits per heavy atom. The Morgan fingerprint density at radius 2 is 1.97 bits per heavy atom. The van der Waals surface area contributed by atoms with Crippen LogP contribution in [0.5, 0.6) is 11.5 Å². The Bertz CT molecular complexity index is 1300. The van der Waals surface area contributed by atoms with Crippen molar-refractivity contribution in [1.82, 2.24) is 15.0 Å². The number of benzene rings is 2. The van der Waals surface area contributed by atoms with Crippen LogP contribution in [0.4, 0.5) is 11.5 Å². The summed E-state index contributed by atoms with van der Waals surface area (Å²) in [5, 5.41) is 5.22. The van der Waals surface area contributed by atoms with Gasteiger partial charge in [0.25, 0.3) is 0 Å². The molecule has 2 heterocycles. The van der Waals surface area contributed by atoms with Gasteiger partial charge in [-0.25, -0.2) is 18.4 Å². The Morgan fingerprint density at radius 3 is 2.77 bits per heavy atom. The third kappa shape index (κ3) is 4.46. The maximum Gasteiger partial charge on any atom is 0.163 e. The SMILES string of the molecule is COc1cc2c(Nc3ccc4[nH]ccc4c3)ncnc2cc1OCCCS(C)(=O)=O. The third-order valence-electron chi connectivity index (χ3n) is 4.65. The zero-order valence-electron chi connectivity index (χ0n) is 16.7. The van der Waals surface area contributed by atoms with Gasteiger partial charge in [0.1, 0.15) is 22.0 Å². The van der Waals surface area contributed by atoms with Crippen LogP contribution in [0.1, 0.15) is 6.42 Å². The minimum Gasteiger partial charge on any atom is -0.493 e. The molecule has 0 spiro atoms. The van der Waals surface area contributed by atoms with Gasteiger partial charge >= 0.3 is 0 Å². The maximum absolute atomic E-state index is 11.3. The van der Waals surface area contributed by atoms with E-state index in [-0.39, 0.29) is 12.4 Å². The lowest BCUT2D eigenvalue weighted by atomic mass is 10.2. The number of H-pyrrole nitrogens is 1. The standard InChI is InChI=1S/C21H22N4O4S/c1-28-19-11-16-18(12-20(19)29-8-3-9-30(2,26)27)23-13-24-21(16)25-15-4-5-17-14(10-15)6-7-22-17/h4-7,10-13,22H,3,8-9H2,1-2H3,(H,23,24,25). The summed E-state index contributed by atoms with van der Waals surface area (Å²) in [6, 6.07) is 11.6. The minimum atomic E-state index is -3.02. The lowest BCUT2D eigenvalue weighted by Gasteiger charge is -2.14. The van der Waals surface area contributed by atoms with Crippen LogP contribution < -0.4 is 14.8 Å². The molecule has 0 unspecified atom stereocenters. The van der Waals surface area contributed by atoms with Crippen molar-refractivity contribution in [2.45, 2.75) is 6.42 Å². The molecule has 0 aliphatic rings. The van der Waals surface area contributed by atoms with Gasteiger partial charge in [-0.05, 0) is 36.8 Å². The van der Waals surface area contributed by atoms with Crippen molar-refractivity contribution in [1.29, 1.82) is 0 Å². The molecule has 0 saturated heterocycles. The van der Waals surface area contributed by atoms with E-state index in [1.54, 1.807) is 13.2 Å². The molecule has 2 aromatic carbocycles. The predicted molar refractivity (Wildman–Crippen MR) is 117 cm³/mol. The van der Waals surface area contributed by atoms with Gasteiger partial charge < -0.3 is 19.8 Å². The third-order valence-corrected chi connectivity index (χ3v) is 5.68. The molecule has 9 heteroatoms. The summed E-state index contributed by atoms with van der Waals surface area (Å²) < 4.78 is 33.8. The van der Waals surface area contributed by atoms with Gasteiger partial charge in [-0.3, -0.25) is 0 Å². The zero-order chi connectivity index (χ0) is 21.1. The number of rotatable bonds is 8. The highest BCUT2D eigenvalue weighted by atomic mass is 32.2. The molecule has 30 heavy (non-hydrogen) atoms. The number of methoxy groups -OCH3 is 1. The molecule has 8 nitrogen and oxygen atoms in total. The second-order valence-electron chi connectivity index (χ2n) is 6.98. The Labute approximate surface area is 174 Å². The van der Waals surface area contributed by atoms with Gasteiger partial charge in [-0.2, -0.15) is 0 Å². The van der Waals surface area contributed by atoms with Crippen LogP contribution in [0.3, 0.4) is 0 Å². The van der Waals surface area contributed by atoms with Gasteiger partial charge in [0.2, 0.25) is 0 Å². The monoisotopic (exact) mass is 426 g/mol. The van der Waals surface area contributed by atoms with Gasteiger partial charge in [0.15, 0.2) is 11.5 Å². The Kier molecular flexibility index (Phi) is 5.45. The molecule has 0 bridgehead atoms. The number of nitrogens with zero attached hydrogens (tertiary/aromatic N) is 2. The van der Waals surface area contributed by atoms with Gasteiger partial charge in [-0.15, -0.1) is 0 Å². The fourth-order valence-electron chi connectivity index (χ4n) is 3.21. The number of aromatic amines is 1. The molecule has 2 N–H and O–H groups in total. The molecule has 4 aromatic rings. The number of sulfone groups is 1. The zero-order valence-corrected chi connectivity index (χ0v) is 17.5. The van der Waals surface area contributed by atoms with Crippen molar-refractivity contribution in [3.8, 4) is 11.5 Å². The topological polar surface area (TPSA) is 106 Å². The summed E-state index contributed by atoms with van der Waals surface area (Å²) in [6.45, 7) is 0.266. The Balaban J connectivity index is 1.60. The first-order valence-corrected chi connectivity index (χ1v) is 11.5. The maximum atomic E-state index is 11.3. The van der Waals surface area contributed by atoms with E-state index in [1.165, 1.54) is 12.6 Å². The first-order chi connectivity index (χ1) is 14.4. The normalized spacial score (nSPS) is 11.7. The van der Waals surface area contributed by atoms with Crippen molar-refractivity contribution in [3.05, 3.63) is 48.9 Å². The molecular weight excluding hydrogens is 404 g/mol. The first kappa shape index (κ1) is 20.0. The number of hydrogen-bond acceptors (Lipinski definition) is 7. The molecule has 0 fully saturated rings. The van der Waals surface area contributed by atoms with Crippen LogP contribution >= 0.6 is 0 Å². The molecular formula is C21H22N4O4S. The van der Waals surface area contributed by atoms with Crippen LogP contribution in [0, 0.1) is 0 Å². The van der Waals surface area contributed by atoms with Crippen LogP contribution in [0.15, 0.2) is 48.9 Å². The van der Waals surface area contributed by atoms with Crippen LogP contribution in [-0.2, 0) is 9.84 Å². The lowest BCUT2D eigenvalue weighted by molar-refractivity contribution is 0.295. The van der Waals surface area contributed by atoms with E-state index in [0.29, 0.717) is 29.3 Å². The largest absolute Gasteiger partial charge is 0.493 e. The summed E-state index contributed by atoms with van der Waals surface area (Å²) in [5.41, 5.74) is 2.66. The van der Waals surface area contributed by atoms with Crippen LogP contribution in [0.2, 0.25) is 0 Å². The molecule has 156 valence electrons. The first-order valence-electron chi connectivity index (χ1n) is 9.40.